The van der Waals surface area contributed by atoms with Gasteiger partial charge in [-0.2, -0.15) is 0 Å². The summed E-state index contributed by atoms with van der Waals surface area (Å²) in [5, 5.41) is 22.3. The first-order chi connectivity index (χ1) is 12.3. The first-order valence-electron chi connectivity index (χ1n) is 8.83. The van der Waals surface area contributed by atoms with Gasteiger partial charge in [0.05, 0.1) is 0 Å². The van der Waals surface area contributed by atoms with E-state index >= 15 is 0 Å². The molecule has 0 amide bonds. The van der Waals surface area contributed by atoms with Crippen molar-refractivity contribution in [3.05, 3.63) is 35.4 Å². The van der Waals surface area contributed by atoms with Crippen LogP contribution >= 0.6 is 0 Å². The minimum absolute atomic E-state index is 0.184. The smallest absolute Gasteiger partial charge is 0.318 e. The zero-order valence-electron chi connectivity index (χ0n) is 14.8. The molecular formula is C19H22N2O5. The summed E-state index contributed by atoms with van der Waals surface area (Å²) < 4.78 is 5.60. The van der Waals surface area contributed by atoms with E-state index in [0.29, 0.717) is 6.54 Å². The Hall–Kier alpha value is -2.09. The van der Waals surface area contributed by atoms with Crippen LogP contribution in [0.3, 0.4) is 0 Å². The molecular weight excluding hydrogens is 336 g/mol. The van der Waals surface area contributed by atoms with Gasteiger partial charge < -0.3 is 19.8 Å². The molecule has 1 aromatic rings. The molecule has 3 aliphatic rings. The first kappa shape index (κ1) is 17.3. The van der Waals surface area contributed by atoms with E-state index in [0.717, 1.165) is 19.4 Å². The number of likely N-dealkylation sites (N-methyl/N-ethyl adjacent to an activating group) is 1. The maximum absolute atomic E-state index is 12.9. The van der Waals surface area contributed by atoms with Gasteiger partial charge in [-0.25, -0.2) is 0 Å². The predicted molar refractivity (Wildman–Crippen MR) is 92.8 cm³/mol. The largest absolute Gasteiger partial charge is 0.460 e. The Morgan fingerprint density at radius 1 is 1.35 bits per heavy atom. The summed E-state index contributed by atoms with van der Waals surface area (Å²) in [7, 11) is 1.95. The van der Waals surface area contributed by atoms with Crippen molar-refractivity contribution in [2.45, 2.75) is 37.2 Å². The number of hydrogen-bond acceptors (Lipinski definition) is 7. The lowest BCUT2D eigenvalue weighted by Gasteiger charge is -2.34. The molecule has 4 atom stereocenters. The highest BCUT2D eigenvalue weighted by molar-refractivity contribution is 6.18. The summed E-state index contributed by atoms with van der Waals surface area (Å²) in [6, 6.07) is 6.37. The Morgan fingerprint density at radius 2 is 2.08 bits per heavy atom. The summed E-state index contributed by atoms with van der Waals surface area (Å²) in [6.45, 7) is 3.07. The number of aliphatic imine (C=N–C) groups is 1. The molecule has 1 unspecified atom stereocenters. The number of carbonyl (C=O) groups excluding carboxylic acids is 2. The van der Waals surface area contributed by atoms with Crippen molar-refractivity contribution in [1.82, 2.24) is 4.90 Å². The van der Waals surface area contributed by atoms with Crippen LogP contribution in [0.4, 0.5) is 0 Å². The summed E-state index contributed by atoms with van der Waals surface area (Å²) >= 11 is 0. The van der Waals surface area contributed by atoms with Crippen LogP contribution in [0.25, 0.3) is 0 Å². The van der Waals surface area contributed by atoms with E-state index in [1.54, 1.807) is 18.2 Å². The minimum atomic E-state index is -2.36. The van der Waals surface area contributed by atoms with Crippen molar-refractivity contribution in [2.75, 3.05) is 20.1 Å². The number of likely N-dealkylation sites (tertiary alicyclic amines) is 1. The van der Waals surface area contributed by atoms with Crippen LogP contribution in [-0.2, 0) is 15.3 Å². The third-order valence-electron chi connectivity index (χ3n) is 5.70. The number of hydrogen-bond donors (Lipinski definition) is 2. The average Bonchev–Trinajstić information content (AvgIpc) is 2.90. The summed E-state index contributed by atoms with van der Waals surface area (Å²) in [5.74, 6) is -2.73. The highest BCUT2D eigenvalue weighted by Gasteiger charge is 2.72. The molecule has 7 nitrogen and oxygen atoms in total. The standard InChI is InChI=1S/C19H22N2O5/c1-11-15(17(23)26-12-6-5-9-21(2)10-12)18(24)16(22)13-7-3-4-8-14(13)19(18,25)20-11/h3-4,7-8,12,15,24-25H,5-6,9-10H2,1-2H3/t12-,15?,18+,19-/m1/s1. The van der Waals surface area contributed by atoms with Crippen molar-refractivity contribution in [2.24, 2.45) is 10.9 Å². The second kappa shape index (κ2) is 5.70. The van der Waals surface area contributed by atoms with Gasteiger partial charge in [0.1, 0.15) is 12.0 Å². The van der Waals surface area contributed by atoms with Crippen molar-refractivity contribution in [3.8, 4) is 0 Å². The third-order valence-corrected chi connectivity index (χ3v) is 5.70. The molecule has 1 fully saturated rings. The second-order valence-electron chi connectivity index (χ2n) is 7.46. The molecule has 0 bridgehead atoms. The van der Waals surface area contributed by atoms with Crippen LogP contribution in [0.2, 0.25) is 0 Å². The molecule has 2 heterocycles. The van der Waals surface area contributed by atoms with E-state index in [1.807, 2.05) is 7.05 Å². The van der Waals surface area contributed by atoms with E-state index in [2.05, 4.69) is 9.89 Å². The van der Waals surface area contributed by atoms with Gasteiger partial charge in [-0.15, -0.1) is 0 Å². The molecule has 0 aromatic heterocycles. The van der Waals surface area contributed by atoms with E-state index in [4.69, 9.17) is 4.74 Å². The number of esters is 1. The lowest BCUT2D eigenvalue weighted by atomic mass is 9.79. The van der Waals surface area contributed by atoms with E-state index < -0.39 is 29.0 Å². The molecule has 0 spiro atoms. The molecule has 1 aliphatic carbocycles. The van der Waals surface area contributed by atoms with Crippen molar-refractivity contribution in [3.63, 3.8) is 0 Å². The number of benzene rings is 1. The van der Waals surface area contributed by atoms with Gasteiger partial charge in [0.25, 0.3) is 0 Å². The van der Waals surface area contributed by atoms with Crippen molar-refractivity contribution in [1.29, 1.82) is 0 Å². The number of piperidine rings is 1. The quantitative estimate of drug-likeness (QED) is 0.747. The maximum Gasteiger partial charge on any atom is 0.318 e. The summed E-state index contributed by atoms with van der Waals surface area (Å²) in [6.07, 6.45) is 1.34. The van der Waals surface area contributed by atoms with Crippen molar-refractivity contribution >= 4 is 17.5 Å². The lowest BCUT2D eigenvalue weighted by Crippen LogP contribution is -2.57. The van der Waals surface area contributed by atoms with Crippen LogP contribution in [0.15, 0.2) is 29.3 Å². The number of ether oxygens (including phenoxy) is 1. The first-order valence-corrected chi connectivity index (χ1v) is 8.83. The highest BCUT2D eigenvalue weighted by atomic mass is 16.5. The number of nitrogens with zero attached hydrogens (tertiary/aromatic N) is 2. The molecule has 2 aliphatic heterocycles. The Balaban J connectivity index is 1.68. The van der Waals surface area contributed by atoms with Crippen LogP contribution in [0.1, 0.15) is 35.7 Å². The topological polar surface area (TPSA) is 99.4 Å². The van der Waals surface area contributed by atoms with Gasteiger partial charge in [0.15, 0.2) is 5.60 Å². The summed E-state index contributed by atoms with van der Waals surface area (Å²) in [4.78, 5) is 32.0. The van der Waals surface area contributed by atoms with E-state index in [9.17, 15) is 19.8 Å². The zero-order valence-corrected chi connectivity index (χ0v) is 14.8. The third kappa shape index (κ3) is 2.14. The van der Waals surface area contributed by atoms with Gasteiger partial charge >= 0.3 is 5.97 Å². The average molecular weight is 358 g/mol. The fourth-order valence-electron chi connectivity index (χ4n) is 4.44. The SMILES string of the molecule is CC1=N[C@@]2(O)c3ccccc3C(=O)[C@@]2(O)C1C(=O)O[C@@H]1CCCN(C)C1. The van der Waals surface area contributed by atoms with Crippen molar-refractivity contribution < 1.29 is 24.5 Å². The second-order valence-corrected chi connectivity index (χ2v) is 7.46. The van der Waals surface area contributed by atoms with Gasteiger partial charge in [-0.05, 0) is 33.4 Å². The number of ketones is 1. The van der Waals surface area contributed by atoms with Gasteiger partial charge in [0.2, 0.25) is 11.5 Å². The number of aliphatic hydroxyl groups is 2. The molecule has 26 heavy (non-hydrogen) atoms. The van der Waals surface area contributed by atoms with Crippen LogP contribution in [0.5, 0.6) is 0 Å². The fourth-order valence-corrected chi connectivity index (χ4v) is 4.44. The normalized spacial score (nSPS) is 36.5. The molecule has 7 heteroatoms. The Bertz CT molecular complexity index is 822. The Labute approximate surface area is 151 Å². The van der Waals surface area contributed by atoms with Crippen LogP contribution in [-0.4, -0.2) is 64.4 Å². The molecule has 1 aromatic carbocycles. The molecule has 138 valence electrons. The monoisotopic (exact) mass is 358 g/mol. The Morgan fingerprint density at radius 3 is 2.81 bits per heavy atom. The molecule has 0 radical (unpaired) electrons. The summed E-state index contributed by atoms with van der Waals surface area (Å²) in [5.41, 5.74) is -3.91. The van der Waals surface area contributed by atoms with Gasteiger partial charge in [-0.3, -0.25) is 14.6 Å². The molecule has 2 N–H and O–H groups in total. The lowest BCUT2D eigenvalue weighted by molar-refractivity contribution is -0.171. The molecule has 0 saturated carbocycles. The van der Waals surface area contributed by atoms with E-state index in [-0.39, 0.29) is 22.9 Å². The minimum Gasteiger partial charge on any atom is -0.460 e. The number of rotatable bonds is 2. The Kier molecular flexibility index (Phi) is 3.80. The molecule has 1 saturated heterocycles. The fraction of sp³-hybridized carbons (Fsp3) is 0.526. The number of carbonyl (C=O) groups is 2. The zero-order chi connectivity index (χ0) is 18.7. The van der Waals surface area contributed by atoms with Gasteiger partial charge in [-0.1, -0.05) is 24.3 Å². The maximum atomic E-state index is 12.9. The molecule has 4 rings (SSSR count). The van der Waals surface area contributed by atoms with Crippen LogP contribution in [0, 0.1) is 5.92 Å². The van der Waals surface area contributed by atoms with Gasteiger partial charge in [0, 0.05) is 23.4 Å². The number of Topliss-reactive ketones (excluding diaryl/α,β-unsaturated/α-hetero) is 1. The number of fused-ring (bicyclic) bond motifs is 3. The van der Waals surface area contributed by atoms with Crippen LogP contribution < -0.4 is 0 Å². The highest BCUT2D eigenvalue weighted by Crippen LogP contribution is 2.53. The predicted octanol–water partition coefficient (Wildman–Crippen LogP) is 0.487. The van der Waals surface area contributed by atoms with E-state index in [1.165, 1.54) is 13.0 Å².